The summed E-state index contributed by atoms with van der Waals surface area (Å²) >= 11 is 0. The second-order valence-electron chi connectivity index (χ2n) is 7.50. The van der Waals surface area contributed by atoms with Crippen LogP contribution in [0.3, 0.4) is 0 Å². The lowest BCUT2D eigenvalue weighted by Crippen LogP contribution is -2.29. The summed E-state index contributed by atoms with van der Waals surface area (Å²) in [5.74, 6) is -2.20. The van der Waals surface area contributed by atoms with Crippen LogP contribution in [0.15, 0.2) is 78.9 Å². The van der Waals surface area contributed by atoms with E-state index in [2.05, 4.69) is 34.9 Å². The third-order valence-corrected chi connectivity index (χ3v) is 5.20. The predicted octanol–water partition coefficient (Wildman–Crippen LogP) is 4.81. The highest BCUT2D eigenvalue weighted by atomic mass is 19.1. The Kier molecular flexibility index (Phi) is 8.49. The molecule has 0 heterocycles. The van der Waals surface area contributed by atoms with Crippen LogP contribution in [0.4, 0.5) is 8.78 Å². The molecular weight excluding hydrogens is 410 g/mol. The van der Waals surface area contributed by atoms with Crippen LogP contribution < -0.4 is 10.6 Å². The van der Waals surface area contributed by atoms with Gasteiger partial charge in [-0.15, -0.1) is 0 Å². The Balaban J connectivity index is 1.41. The zero-order chi connectivity index (χ0) is 22.8. The van der Waals surface area contributed by atoms with Crippen molar-refractivity contribution in [3.05, 3.63) is 107 Å². The van der Waals surface area contributed by atoms with Crippen LogP contribution in [-0.2, 0) is 4.79 Å². The van der Waals surface area contributed by atoms with Gasteiger partial charge in [-0.1, -0.05) is 60.7 Å². The molecule has 0 spiro atoms. The Labute approximate surface area is 186 Å². The van der Waals surface area contributed by atoms with Crippen molar-refractivity contribution in [2.45, 2.75) is 25.2 Å². The van der Waals surface area contributed by atoms with Gasteiger partial charge in [-0.3, -0.25) is 9.59 Å². The van der Waals surface area contributed by atoms with Crippen LogP contribution >= 0.6 is 0 Å². The Morgan fingerprint density at radius 2 is 1.41 bits per heavy atom. The molecule has 32 heavy (non-hydrogen) atoms. The smallest absolute Gasteiger partial charge is 0.254 e. The maximum absolute atomic E-state index is 13.6. The SMILES string of the molecule is O=C(CCCNC(=O)c1ccc(F)cc1F)NCCC(c1ccccc1)c1ccccc1. The molecular formula is C26H26F2N2O2. The highest BCUT2D eigenvalue weighted by molar-refractivity contribution is 5.94. The molecule has 2 amide bonds. The van der Waals surface area contributed by atoms with Crippen LogP contribution in [0.2, 0.25) is 0 Å². The van der Waals surface area contributed by atoms with Gasteiger partial charge in [0.15, 0.2) is 0 Å². The molecule has 0 aliphatic rings. The third-order valence-electron chi connectivity index (χ3n) is 5.20. The van der Waals surface area contributed by atoms with Crippen molar-refractivity contribution in [3.8, 4) is 0 Å². The molecule has 3 aromatic rings. The number of carbonyl (C=O) groups excluding carboxylic acids is 2. The maximum Gasteiger partial charge on any atom is 0.254 e. The first-order chi connectivity index (χ1) is 15.5. The maximum atomic E-state index is 13.6. The van der Waals surface area contributed by atoms with E-state index in [1.165, 1.54) is 11.1 Å². The topological polar surface area (TPSA) is 58.2 Å². The summed E-state index contributed by atoms with van der Waals surface area (Å²) in [5, 5.41) is 5.49. The monoisotopic (exact) mass is 436 g/mol. The fourth-order valence-electron chi connectivity index (χ4n) is 3.56. The largest absolute Gasteiger partial charge is 0.356 e. The minimum Gasteiger partial charge on any atom is -0.356 e. The number of nitrogens with one attached hydrogen (secondary N) is 2. The summed E-state index contributed by atoms with van der Waals surface area (Å²) in [4.78, 5) is 24.1. The lowest BCUT2D eigenvalue weighted by atomic mass is 9.88. The third kappa shape index (κ3) is 6.74. The van der Waals surface area contributed by atoms with Gasteiger partial charge in [0.1, 0.15) is 11.6 Å². The van der Waals surface area contributed by atoms with Crippen molar-refractivity contribution in [1.29, 1.82) is 0 Å². The van der Waals surface area contributed by atoms with Gasteiger partial charge in [0.05, 0.1) is 5.56 Å². The van der Waals surface area contributed by atoms with E-state index in [4.69, 9.17) is 0 Å². The molecule has 0 atom stereocenters. The molecule has 0 aliphatic heterocycles. The number of amides is 2. The second kappa shape index (κ2) is 11.7. The molecule has 0 saturated carbocycles. The van der Waals surface area contributed by atoms with E-state index < -0.39 is 17.5 Å². The highest BCUT2D eigenvalue weighted by Gasteiger charge is 2.15. The highest BCUT2D eigenvalue weighted by Crippen LogP contribution is 2.27. The van der Waals surface area contributed by atoms with Crippen LogP contribution in [-0.4, -0.2) is 24.9 Å². The van der Waals surface area contributed by atoms with Crippen molar-refractivity contribution in [2.75, 3.05) is 13.1 Å². The molecule has 0 aliphatic carbocycles. The Morgan fingerprint density at radius 3 is 2.00 bits per heavy atom. The van der Waals surface area contributed by atoms with E-state index in [1.807, 2.05) is 36.4 Å². The lowest BCUT2D eigenvalue weighted by molar-refractivity contribution is -0.121. The van der Waals surface area contributed by atoms with E-state index in [1.54, 1.807) is 0 Å². The Morgan fingerprint density at radius 1 is 0.781 bits per heavy atom. The van der Waals surface area contributed by atoms with Crippen LogP contribution in [0.5, 0.6) is 0 Å². The van der Waals surface area contributed by atoms with Crippen LogP contribution in [0, 0.1) is 11.6 Å². The second-order valence-corrected chi connectivity index (χ2v) is 7.50. The molecule has 2 N–H and O–H groups in total. The van der Waals surface area contributed by atoms with Gasteiger partial charge >= 0.3 is 0 Å². The summed E-state index contributed by atoms with van der Waals surface area (Å²) in [6.45, 7) is 0.750. The zero-order valence-electron chi connectivity index (χ0n) is 17.7. The molecule has 166 valence electrons. The average molecular weight is 437 g/mol. The lowest BCUT2D eigenvalue weighted by Gasteiger charge is -2.18. The zero-order valence-corrected chi connectivity index (χ0v) is 17.7. The minimum absolute atomic E-state index is 0.105. The van der Waals surface area contributed by atoms with E-state index >= 15 is 0 Å². The van der Waals surface area contributed by atoms with Gasteiger partial charge in [0.25, 0.3) is 5.91 Å². The first-order valence-electron chi connectivity index (χ1n) is 10.6. The van der Waals surface area contributed by atoms with Gasteiger partial charge in [0.2, 0.25) is 5.91 Å². The number of halogens is 2. The van der Waals surface area contributed by atoms with Gasteiger partial charge < -0.3 is 10.6 Å². The van der Waals surface area contributed by atoms with Crippen molar-refractivity contribution < 1.29 is 18.4 Å². The fourth-order valence-corrected chi connectivity index (χ4v) is 3.56. The van der Waals surface area contributed by atoms with Crippen molar-refractivity contribution >= 4 is 11.8 Å². The van der Waals surface area contributed by atoms with E-state index in [0.717, 1.165) is 18.6 Å². The summed E-state index contributed by atoms with van der Waals surface area (Å²) in [7, 11) is 0. The summed E-state index contributed by atoms with van der Waals surface area (Å²) in [5.41, 5.74) is 2.18. The van der Waals surface area contributed by atoms with Crippen LogP contribution in [0.25, 0.3) is 0 Å². The van der Waals surface area contributed by atoms with Crippen molar-refractivity contribution in [1.82, 2.24) is 10.6 Å². The summed E-state index contributed by atoms with van der Waals surface area (Å²) in [6.07, 6.45) is 1.43. The molecule has 0 radical (unpaired) electrons. The van der Waals surface area contributed by atoms with E-state index in [-0.39, 0.29) is 30.4 Å². The molecule has 0 unspecified atom stereocenters. The molecule has 0 bridgehead atoms. The number of carbonyl (C=O) groups is 2. The number of hydrogen-bond acceptors (Lipinski definition) is 2. The molecule has 0 aromatic heterocycles. The normalized spacial score (nSPS) is 10.7. The van der Waals surface area contributed by atoms with Crippen molar-refractivity contribution in [2.24, 2.45) is 0 Å². The first-order valence-corrected chi connectivity index (χ1v) is 10.6. The number of benzene rings is 3. The van der Waals surface area contributed by atoms with Gasteiger partial charge in [0, 0.05) is 31.5 Å². The quantitative estimate of drug-likeness (QED) is 0.448. The fraction of sp³-hybridized carbons (Fsp3) is 0.231. The van der Waals surface area contributed by atoms with Gasteiger partial charge in [-0.2, -0.15) is 0 Å². The Hall–Kier alpha value is -3.54. The molecule has 6 heteroatoms. The van der Waals surface area contributed by atoms with Gasteiger partial charge in [-0.25, -0.2) is 8.78 Å². The number of hydrogen-bond donors (Lipinski definition) is 2. The predicted molar refractivity (Wildman–Crippen MR) is 120 cm³/mol. The molecule has 3 aromatic carbocycles. The summed E-state index contributed by atoms with van der Waals surface area (Å²) in [6, 6.07) is 23.2. The molecule has 0 fully saturated rings. The molecule has 3 rings (SSSR count). The van der Waals surface area contributed by atoms with Gasteiger partial charge in [-0.05, 0) is 36.1 Å². The molecule has 4 nitrogen and oxygen atoms in total. The first kappa shape index (κ1) is 23.1. The van der Waals surface area contributed by atoms with Crippen molar-refractivity contribution in [3.63, 3.8) is 0 Å². The van der Waals surface area contributed by atoms with Crippen LogP contribution in [0.1, 0.15) is 46.7 Å². The average Bonchev–Trinajstić information content (AvgIpc) is 2.80. The standard InChI is InChI=1S/C26H26F2N2O2/c27-21-13-14-23(24(28)18-21)26(32)30-16-7-12-25(31)29-17-15-22(19-8-3-1-4-9-19)20-10-5-2-6-11-20/h1-6,8-11,13-14,18,22H,7,12,15-17H2,(H,29,31)(H,30,32). The summed E-state index contributed by atoms with van der Waals surface area (Å²) < 4.78 is 26.6. The number of rotatable bonds is 10. The van der Waals surface area contributed by atoms with E-state index in [0.29, 0.717) is 19.0 Å². The Bertz CT molecular complexity index is 987. The minimum atomic E-state index is -0.911. The molecule has 0 saturated heterocycles. The van der Waals surface area contributed by atoms with E-state index in [9.17, 15) is 18.4 Å².